The van der Waals surface area contributed by atoms with Crippen LogP contribution < -0.4 is 5.32 Å². The van der Waals surface area contributed by atoms with Crippen LogP contribution in [0, 0.1) is 11.8 Å². The highest BCUT2D eigenvalue weighted by molar-refractivity contribution is 14.0. The van der Waals surface area contributed by atoms with E-state index in [9.17, 15) is 4.79 Å². The first-order chi connectivity index (χ1) is 13.2. The molecule has 2 fully saturated rings. The maximum Gasteiger partial charge on any atom is 0.244 e. The van der Waals surface area contributed by atoms with Crippen LogP contribution in [-0.4, -0.2) is 66.4 Å². The fourth-order valence-corrected chi connectivity index (χ4v) is 4.22. The van der Waals surface area contributed by atoms with Crippen molar-refractivity contribution in [3.63, 3.8) is 0 Å². The van der Waals surface area contributed by atoms with Gasteiger partial charge in [0.05, 0.1) is 0 Å². The fourth-order valence-electron chi connectivity index (χ4n) is 4.22. The van der Waals surface area contributed by atoms with Crippen molar-refractivity contribution in [3.05, 3.63) is 30.1 Å². The van der Waals surface area contributed by atoms with Crippen molar-refractivity contribution in [1.29, 1.82) is 0 Å². The van der Waals surface area contributed by atoms with E-state index < -0.39 is 0 Å². The molecular weight excluding hydrogens is 465 g/mol. The summed E-state index contributed by atoms with van der Waals surface area (Å²) in [5.74, 6) is 2.56. The first-order valence-corrected chi connectivity index (χ1v) is 10.3. The second kappa shape index (κ2) is 11.6. The van der Waals surface area contributed by atoms with Crippen molar-refractivity contribution in [2.24, 2.45) is 16.8 Å². The molecule has 0 radical (unpaired) electrons. The van der Waals surface area contributed by atoms with Gasteiger partial charge < -0.3 is 15.1 Å². The number of halogens is 1. The lowest BCUT2D eigenvalue weighted by molar-refractivity contribution is -0.128. The number of likely N-dealkylation sites (N-methyl/N-ethyl adjacent to an activating group) is 1. The third-order valence-electron chi connectivity index (χ3n) is 5.83. The van der Waals surface area contributed by atoms with E-state index in [2.05, 4.69) is 27.1 Å². The van der Waals surface area contributed by atoms with Gasteiger partial charge in [0.25, 0.3) is 0 Å². The van der Waals surface area contributed by atoms with Gasteiger partial charge in [0.15, 0.2) is 5.96 Å². The van der Waals surface area contributed by atoms with Gasteiger partial charge in [0, 0.05) is 51.5 Å². The Balaban J connectivity index is 0.00000280. The molecular formula is C21H34IN5O. The first kappa shape index (κ1) is 22.9. The smallest absolute Gasteiger partial charge is 0.244 e. The molecule has 2 atom stereocenters. The quantitative estimate of drug-likeness (QED) is 0.372. The Bertz CT molecular complexity index is 625. The molecule has 1 aliphatic carbocycles. The molecule has 1 saturated heterocycles. The van der Waals surface area contributed by atoms with Crippen LogP contribution >= 0.6 is 24.0 Å². The number of carbonyl (C=O) groups is 1. The largest absolute Gasteiger partial charge is 0.357 e. The van der Waals surface area contributed by atoms with Crippen LogP contribution in [-0.2, 0) is 11.2 Å². The van der Waals surface area contributed by atoms with Gasteiger partial charge in [0.2, 0.25) is 5.91 Å². The number of pyridine rings is 1. The number of carbonyl (C=O) groups excluding carboxylic acids is 1. The van der Waals surface area contributed by atoms with Crippen molar-refractivity contribution in [3.8, 4) is 0 Å². The van der Waals surface area contributed by atoms with Crippen LogP contribution in [0.25, 0.3) is 0 Å². The number of likely N-dealkylation sites (tertiary alicyclic amines) is 1. The van der Waals surface area contributed by atoms with E-state index in [1.54, 1.807) is 11.1 Å². The maximum atomic E-state index is 12.5. The molecule has 1 amide bonds. The fraction of sp³-hybridized carbons (Fsp3) is 0.667. The molecule has 2 aliphatic rings. The number of aliphatic imine (C=N–C) groups is 1. The maximum absolute atomic E-state index is 12.5. The van der Waals surface area contributed by atoms with Gasteiger partial charge in [-0.15, -0.1) is 24.0 Å². The lowest BCUT2D eigenvalue weighted by atomic mass is 9.82. The molecule has 1 aromatic heterocycles. The Morgan fingerprint density at radius 2 is 2.00 bits per heavy atom. The van der Waals surface area contributed by atoms with Gasteiger partial charge in [-0.3, -0.25) is 9.78 Å². The Kier molecular flexibility index (Phi) is 9.47. The van der Waals surface area contributed by atoms with Crippen LogP contribution in [0.4, 0.5) is 0 Å². The Hall–Kier alpha value is -1.38. The summed E-state index contributed by atoms with van der Waals surface area (Å²) < 4.78 is 0. The summed E-state index contributed by atoms with van der Waals surface area (Å²) in [5.41, 5.74) is 1.01. The molecule has 28 heavy (non-hydrogen) atoms. The molecule has 0 spiro atoms. The molecule has 1 saturated carbocycles. The summed E-state index contributed by atoms with van der Waals surface area (Å²) in [4.78, 5) is 25.6. The SMILES string of the molecule is CCNC(=NCC(=O)N(C)CCc1ccccn1)N1CC2CCCCC2C1.I. The summed E-state index contributed by atoms with van der Waals surface area (Å²) in [6.07, 6.45) is 7.97. The number of nitrogens with one attached hydrogen (secondary N) is 1. The molecule has 2 heterocycles. The summed E-state index contributed by atoms with van der Waals surface area (Å²) in [6.45, 7) is 5.94. The second-order valence-corrected chi connectivity index (χ2v) is 7.77. The topological polar surface area (TPSA) is 60.8 Å². The van der Waals surface area contributed by atoms with Crippen LogP contribution in [0.2, 0.25) is 0 Å². The van der Waals surface area contributed by atoms with Crippen molar-refractivity contribution < 1.29 is 4.79 Å². The zero-order valence-corrected chi connectivity index (χ0v) is 19.5. The van der Waals surface area contributed by atoms with Gasteiger partial charge in [-0.1, -0.05) is 18.9 Å². The number of fused-ring (bicyclic) bond motifs is 1. The predicted octanol–water partition coefficient (Wildman–Crippen LogP) is 2.79. The zero-order chi connectivity index (χ0) is 19.1. The highest BCUT2D eigenvalue weighted by Crippen LogP contribution is 2.35. The van der Waals surface area contributed by atoms with E-state index in [0.29, 0.717) is 6.54 Å². The lowest BCUT2D eigenvalue weighted by Crippen LogP contribution is -2.41. The van der Waals surface area contributed by atoms with E-state index >= 15 is 0 Å². The summed E-state index contributed by atoms with van der Waals surface area (Å²) in [6, 6.07) is 5.88. The Labute approximate surface area is 186 Å². The number of nitrogens with zero attached hydrogens (tertiary/aromatic N) is 4. The highest BCUT2D eigenvalue weighted by Gasteiger charge is 2.35. The Morgan fingerprint density at radius 3 is 2.61 bits per heavy atom. The number of hydrogen-bond acceptors (Lipinski definition) is 3. The summed E-state index contributed by atoms with van der Waals surface area (Å²) in [7, 11) is 1.85. The van der Waals surface area contributed by atoms with Crippen molar-refractivity contribution >= 4 is 35.8 Å². The van der Waals surface area contributed by atoms with E-state index in [0.717, 1.165) is 49.5 Å². The van der Waals surface area contributed by atoms with Crippen LogP contribution in [0.5, 0.6) is 0 Å². The molecule has 7 heteroatoms. The molecule has 3 rings (SSSR count). The van der Waals surface area contributed by atoms with Gasteiger partial charge in [-0.05, 0) is 43.7 Å². The normalized spacial score (nSPS) is 21.6. The van der Waals surface area contributed by atoms with Gasteiger partial charge in [0.1, 0.15) is 6.54 Å². The van der Waals surface area contributed by atoms with Crippen LogP contribution in [0.15, 0.2) is 29.4 Å². The molecule has 6 nitrogen and oxygen atoms in total. The first-order valence-electron chi connectivity index (χ1n) is 10.3. The van der Waals surface area contributed by atoms with Crippen molar-refractivity contribution in [1.82, 2.24) is 20.1 Å². The molecule has 0 aromatic carbocycles. The number of hydrogen-bond donors (Lipinski definition) is 1. The third kappa shape index (κ3) is 6.32. The van der Waals surface area contributed by atoms with Crippen LogP contribution in [0.1, 0.15) is 38.3 Å². The molecule has 156 valence electrons. The van der Waals surface area contributed by atoms with Gasteiger partial charge in [-0.25, -0.2) is 4.99 Å². The molecule has 1 aliphatic heterocycles. The standard InChI is InChI=1S/C21H33N5O.HI/c1-3-22-21(26-15-17-8-4-5-9-18(17)16-26)24-14-20(27)25(2)13-11-19-10-6-7-12-23-19;/h6-7,10,12,17-18H,3-5,8-9,11,13-16H2,1-2H3,(H,22,24);1H. The average Bonchev–Trinajstić information content (AvgIpc) is 3.13. The number of guanidine groups is 1. The average molecular weight is 499 g/mol. The van der Waals surface area contributed by atoms with Crippen LogP contribution in [0.3, 0.4) is 0 Å². The minimum atomic E-state index is 0. The van der Waals surface area contributed by atoms with Gasteiger partial charge in [-0.2, -0.15) is 0 Å². The molecule has 1 N–H and O–H groups in total. The lowest BCUT2D eigenvalue weighted by Gasteiger charge is -2.22. The Morgan fingerprint density at radius 1 is 1.29 bits per heavy atom. The summed E-state index contributed by atoms with van der Waals surface area (Å²) in [5, 5.41) is 3.38. The van der Waals surface area contributed by atoms with E-state index in [4.69, 9.17) is 0 Å². The zero-order valence-electron chi connectivity index (χ0n) is 17.1. The highest BCUT2D eigenvalue weighted by atomic mass is 127. The number of rotatable bonds is 6. The predicted molar refractivity (Wildman–Crippen MR) is 124 cm³/mol. The third-order valence-corrected chi connectivity index (χ3v) is 5.83. The molecule has 2 unspecified atom stereocenters. The number of amides is 1. The minimum absolute atomic E-state index is 0. The van der Waals surface area contributed by atoms with Gasteiger partial charge >= 0.3 is 0 Å². The second-order valence-electron chi connectivity index (χ2n) is 7.77. The van der Waals surface area contributed by atoms with Crippen molar-refractivity contribution in [2.75, 3.05) is 39.8 Å². The summed E-state index contributed by atoms with van der Waals surface area (Å²) >= 11 is 0. The molecule has 1 aromatic rings. The van der Waals surface area contributed by atoms with E-state index in [1.807, 2.05) is 25.2 Å². The minimum Gasteiger partial charge on any atom is -0.357 e. The van der Waals surface area contributed by atoms with Crippen molar-refractivity contribution in [2.45, 2.75) is 39.0 Å². The number of aromatic nitrogens is 1. The van der Waals surface area contributed by atoms with E-state index in [-0.39, 0.29) is 36.4 Å². The monoisotopic (exact) mass is 499 g/mol. The van der Waals surface area contributed by atoms with E-state index in [1.165, 1.54) is 25.7 Å². The molecule has 0 bridgehead atoms.